The Bertz CT molecular complexity index is 561. The lowest BCUT2D eigenvalue weighted by molar-refractivity contribution is 0.582. The molecule has 0 saturated carbocycles. The third-order valence-electron chi connectivity index (χ3n) is 3.65. The van der Waals surface area contributed by atoms with Crippen molar-refractivity contribution in [3.05, 3.63) is 28.2 Å². The molecule has 0 bridgehead atoms. The summed E-state index contributed by atoms with van der Waals surface area (Å²) in [5.74, 6) is 0.489. The van der Waals surface area contributed by atoms with E-state index in [1.807, 2.05) is 6.07 Å². The molecule has 2 rings (SSSR count). The van der Waals surface area contributed by atoms with Gasteiger partial charge in [0.15, 0.2) is 9.84 Å². The molecule has 0 aromatic heterocycles. The van der Waals surface area contributed by atoms with Gasteiger partial charge in [0.25, 0.3) is 0 Å². The number of hydrogen-bond donors (Lipinski definition) is 1. The van der Waals surface area contributed by atoms with E-state index in [1.54, 1.807) is 0 Å². The Labute approximate surface area is 129 Å². The third kappa shape index (κ3) is 3.74. The maximum absolute atomic E-state index is 11.6. The number of benzene rings is 1. The second-order valence-electron chi connectivity index (χ2n) is 5.12. The molecule has 20 heavy (non-hydrogen) atoms. The molecule has 1 heterocycles. The quantitative estimate of drug-likeness (QED) is 0.895. The van der Waals surface area contributed by atoms with Gasteiger partial charge in [0, 0.05) is 29.3 Å². The van der Waals surface area contributed by atoms with Crippen molar-refractivity contribution >= 4 is 31.5 Å². The summed E-state index contributed by atoms with van der Waals surface area (Å²) < 4.78 is 24.2. The van der Waals surface area contributed by atoms with Crippen molar-refractivity contribution in [1.29, 1.82) is 0 Å². The second kappa shape index (κ2) is 6.45. The predicted octanol–water partition coefficient (Wildman–Crippen LogP) is 2.35. The van der Waals surface area contributed by atoms with Crippen LogP contribution in [0.5, 0.6) is 0 Å². The fourth-order valence-electron chi connectivity index (χ4n) is 2.53. The SMILES string of the molecule is CCNC(C)c1ccc(Br)cc1N1CCS(=O)(=O)CC1. The van der Waals surface area contributed by atoms with Crippen LogP contribution in [-0.4, -0.2) is 39.6 Å². The van der Waals surface area contributed by atoms with E-state index in [2.05, 4.69) is 52.1 Å². The summed E-state index contributed by atoms with van der Waals surface area (Å²) in [5, 5.41) is 3.42. The minimum atomic E-state index is -2.85. The molecule has 1 aromatic rings. The van der Waals surface area contributed by atoms with Crippen LogP contribution in [-0.2, 0) is 9.84 Å². The van der Waals surface area contributed by atoms with Crippen LogP contribution >= 0.6 is 15.9 Å². The van der Waals surface area contributed by atoms with Crippen molar-refractivity contribution in [3.63, 3.8) is 0 Å². The van der Waals surface area contributed by atoms with Crippen LogP contribution < -0.4 is 10.2 Å². The molecule has 1 aliphatic rings. The maximum atomic E-state index is 11.6. The van der Waals surface area contributed by atoms with Crippen molar-refractivity contribution in [2.45, 2.75) is 19.9 Å². The highest BCUT2D eigenvalue weighted by atomic mass is 79.9. The predicted molar refractivity (Wildman–Crippen MR) is 87.1 cm³/mol. The van der Waals surface area contributed by atoms with Crippen LogP contribution in [0.3, 0.4) is 0 Å². The topological polar surface area (TPSA) is 49.4 Å². The summed E-state index contributed by atoms with van der Waals surface area (Å²) in [6.07, 6.45) is 0. The Morgan fingerprint density at radius 3 is 2.60 bits per heavy atom. The zero-order chi connectivity index (χ0) is 14.8. The average molecular weight is 361 g/mol. The van der Waals surface area contributed by atoms with Crippen LogP contribution in [0.1, 0.15) is 25.5 Å². The van der Waals surface area contributed by atoms with Gasteiger partial charge in [0.05, 0.1) is 11.5 Å². The first-order chi connectivity index (χ1) is 9.43. The van der Waals surface area contributed by atoms with Crippen LogP contribution in [0, 0.1) is 0 Å². The lowest BCUT2D eigenvalue weighted by Gasteiger charge is -2.32. The van der Waals surface area contributed by atoms with E-state index in [9.17, 15) is 8.42 Å². The number of anilines is 1. The van der Waals surface area contributed by atoms with E-state index in [0.29, 0.717) is 13.1 Å². The van der Waals surface area contributed by atoms with E-state index in [1.165, 1.54) is 5.56 Å². The molecule has 1 N–H and O–H groups in total. The lowest BCUT2D eigenvalue weighted by atomic mass is 10.0. The Hall–Kier alpha value is -0.590. The minimum Gasteiger partial charge on any atom is -0.369 e. The molecule has 1 unspecified atom stereocenters. The van der Waals surface area contributed by atoms with Gasteiger partial charge in [0.1, 0.15) is 0 Å². The van der Waals surface area contributed by atoms with Gasteiger partial charge >= 0.3 is 0 Å². The summed E-state index contributed by atoms with van der Waals surface area (Å²) in [4.78, 5) is 2.18. The zero-order valence-corrected chi connectivity index (χ0v) is 14.3. The van der Waals surface area contributed by atoms with Gasteiger partial charge in [-0.25, -0.2) is 8.42 Å². The highest BCUT2D eigenvalue weighted by Gasteiger charge is 2.24. The van der Waals surface area contributed by atoms with Gasteiger partial charge in [-0.15, -0.1) is 0 Å². The molecule has 1 saturated heterocycles. The number of sulfone groups is 1. The lowest BCUT2D eigenvalue weighted by Crippen LogP contribution is -2.41. The van der Waals surface area contributed by atoms with Gasteiger partial charge in [-0.1, -0.05) is 28.9 Å². The summed E-state index contributed by atoms with van der Waals surface area (Å²) in [6.45, 7) is 6.28. The number of nitrogens with zero attached hydrogens (tertiary/aromatic N) is 1. The van der Waals surface area contributed by atoms with E-state index in [4.69, 9.17) is 0 Å². The molecule has 112 valence electrons. The first kappa shape index (κ1) is 15.8. The van der Waals surface area contributed by atoms with Gasteiger partial charge in [-0.3, -0.25) is 0 Å². The first-order valence-electron chi connectivity index (χ1n) is 6.91. The molecule has 4 nitrogen and oxygen atoms in total. The molecule has 0 aliphatic carbocycles. The number of halogens is 1. The van der Waals surface area contributed by atoms with Gasteiger partial charge in [0.2, 0.25) is 0 Å². The number of hydrogen-bond acceptors (Lipinski definition) is 4. The fourth-order valence-corrected chi connectivity index (χ4v) is 4.08. The molecule has 0 radical (unpaired) electrons. The molecular weight excluding hydrogens is 340 g/mol. The Morgan fingerprint density at radius 2 is 2.00 bits per heavy atom. The second-order valence-corrected chi connectivity index (χ2v) is 8.34. The van der Waals surface area contributed by atoms with Crippen LogP contribution in [0.4, 0.5) is 5.69 Å². The smallest absolute Gasteiger partial charge is 0.153 e. The maximum Gasteiger partial charge on any atom is 0.153 e. The minimum absolute atomic E-state index is 0.245. The molecule has 0 amide bonds. The highest BCUT2D eigenvalue weighted by Crippen LogP contribution is 2.30. The van der Waals surface area contributed by atoms with E-state index in [-0.39, 0.29) is 17.5 Å². The van der Waals surface area contributed by atoms with Crippen molar-refractivity contribution in [2.24, 2.45) is 0 Å². The highest BCUT2D eigenvalue weighted by molar-refractivity contribution is 9.10. The van der Waals surface area contributed by atoms with Crippen molar-refractivity contribution in [1.82, 2.24) is 5.32 Å². The van der Waals surface area contributed by atoms with Crippen LogP contribution in [0.15, 0.2) is 22.7 Å². The van der Waals surface area contributed by atoms with E-state index < -0.39 is 9.84 Å². The largest absolute Gasteiger partial charge is 0.369 e. The molecule has 0 spiro atoms. The standard InChI is InChI=1S/C14H21BrN2O2S/c1-3-16-11(2)13-5-4-12(15)10-14(13)17-6-8-20(18,19)9-7-17/h4-5,10-11,16H,3,6-9H2,1-2H3. The Kier molecular flexibility index (Phi) is 5.09. The summed E-state index contributed by atoms with van der Waals surface area (Å²) >= 11 is 3.51. The molecular formula is C14H21BrN2O2S. The van der Waals surface area contributed by atoms with E-state index >= 15 is 0 Å². The zero-order valence-electron chi connectivity index (χ0n) is 11.9. The molecule has 1 aromatic carbocycles. The monoisotopic (exact) mass is 360 g/mol. The summed E-state index contributed by atoms with van der Waals surface area (Å²) in [7, 11) is -2.85. The normalized spacial score (nSPS) is 19.9. The summed E-state index contributed by atoms with van der Waals surface area (Å²) in [6, 6.07) is 6.48. The molecule has 6 heteroatoms. The Balaban J connectivity index is 2.28. The third-order valence-corrected chi connectivity index (χ3v) is 5.76. The van der Waals surface area contributed by atoms with Gasteiger partial charge in [-0.2, -0.15) is 0 Å². The van der Waals surface area contributed by atoms with E-state index in [0.717, 1.165) is 16.7 Å². The molecule has 1 atom stereocenters. The van der Waals surface area contributed by atoms with Crippen LogP contribution in [0.25, 0.3) is 0 Å². The van der Waals surface area contributed by atoms with Crippen molar-refractivity contribution in [3.8, 4) is 0 Å². The molecule has 1 aliphatic heterocycles. The van der Waals surface area contributed by atoms with Crippen molar-refractivity contribution < 1.29 is 8.42 Å². The molecule has 1 fully saturated rings. The Morgan fingerprint density at radius 1 is 1.35 bits per heavy atom. The van der Waals surface area contributed by atoms with Crippen molar-refractivity contribution in [2.75, 3.05) is 36.0 Å². The fraction of sp³-hybridized carbons (Fsp3) is 0.571. The summed E-state index contributed by atoms with van der Waals surface area (Å²) in [5.41, 5.74) is 2.34. The first-order valence-corrected chi connectivity index (χ1v) is 9.52. The number of nitrogens with one attached hydrogen (secondary N) is 1. The van der Waals surface area contributed by atoms with Gasteiger partial charge < -0.3 is 10.2 Å². The number of rotatable bonds is 4. The van der Waals surface area contributed by atoms with Gasteiger partial charge in [-0.05, 0) is 31.2 Å². The van der Waals surface area contributed by atoms with Crippen LogP contribution in [0.2, 0.25) is 0 Å². The average Bonchev–Trinajstić information content (AvgIpc) is 2.38.